The zero-order valence-electron chi connectivity index (χ0n) is 18.3. The summed E-state index contributed by atoms with van der Waals surface area (Å²) < 4.78 is 15.9. The van der Waals surface area contributed by atoms with E-state index in [1.165, 1.54) is 23.1 Å². The van der Waals surface area contributed by atoms with E-state index < -0.39 is 0 Å². The smallest absolute Gasteiger partial charge is 0.161 e. The Morgan fingerprint density at radius 3 is 2.71 bits per heavy atom. The number of likely N-dealkylation sites (tertiary alicyclic amines) is 1. The minimum absolute atomic E-state index is 0.0251. The van der Waals surface area contributed by atoms with Crippen molar-refractivity contribution in [1.29, 1.82) is 0 Å². The Kier molecular flexibility index (Phi) is 7.20. The Morgan fingerprint density at radius 2 is 1.94 bits per heavy atom. The molecule has 0 radical (unpaired) electrons. The zero-order valence-corrected chi connectivity index (χ0v) is 19.1. The average Bonchev–Trinajstić information content (AvgIpc) is 3.23. The van der Waals surface area contributed by atoms with Gasteiger partial charge >= 0.3 is 0 Å². The Morgan fingerprint density at radius 1 is 1.13 bits per heavy atom. The highest BCUT2D eigenvalue weighted by atomic mass is 32.1. The highest BCUT2D eigenvalue weighted by Gasteiger charge is 2.23. The van der Waals surface area contributed by atoms with Crippen molar-refractivity contribution < 1.29 is 14.3 Å². The molecular formula is C25H30N2O3S. The number of rotatable bonds is 9. The Labute approximate surface area is 188 Å². The third-order valence-corrected chi connectivity index (χ3v) is 7.10. The van der Waals surface area contributed by atoms with Gasteiger partial charge in [-0.05, 0) is 94.0 Å². The molecule has 2 heterocycles. The maximum atomic E-state index is 11.5. The quantitative estimate of drug-likeness (QED) is 0.324. The van der Waals surface area contributed by atoms with E-state index in [0.29, 0.717) is 29.6 Å². The Hall–Kier alpha value is -2.44. The summed E-state index contributed by atoms with van der Waals surface area (Å²) in [6, 6.07) is 13.9. The van der Waals surface area contributed by atoms with Crippen LogP contribution in [0.25, 0.3) is 10.9 Å². The molecule has 0 unspecified atom stereocenters. The second-order valence-corrected chi connectivity index (χ2v) is 8.96. The van der Waals surface area contributed by atoms with Crippen molar-refractivity contribution in [2.45, 2.75) is 38.5 Å². The molecule has 1 aliphatic heterocycles. The Balaban J connectivity index is 1.18. The number of aromatic nitrogens is 1. The Bertz CT molecular complexity index is 1020. The number of methoxy groups -OCH3 is 1. The van der Waals surface area contributed by atoms with Crippen molar-refractivity contribution in [2.75, 3.05) is 33.4 Å². The molecule has 0 aliphatic carbocycles. The minimum atomic E-state index is 0.0251. The van der Waals surface area contributed by atoms with Gasteiger partial charge in [-0.15, -0.1) is 0 Å². The molecule has 4 rings (SSSR count). The fraction of sp³-hybridized carbons (Fsp3) is 0.440. The van der Waals surface area contributed by atoms with Gasteiger partial charge in [-0.2, -0.15) is 4.37 Å². The minimum Gasteiger partial charge on any atom is -0.493 e. The van der Waals surface area contributed by atoms with E-state index in [1.54, 1.807) is 37.7 Å². The number of carbonyl (C=O) groups excluding carboxylic acids is 1. The monoisotopic (exact) mass is 438 g/mol. The number of unbranched alkanes of at least 4 members (excludes halogenated alkanes) is 1. The van der Waals surface area contributed by atoms with Gasteiger partial charge < -0.3 is 14.4 Å². The highest BCUT2D eigenvalue weighted by Crippen LogP contribution is 2.36. The van der Waals surface area contributed by atoms with Crippen LogP contribution >= 0.6 is 11.5 Å². The predicted octanol–water partition coefficient (Wildman–Crippen LogP) is 5.55. The van der Waals surface area contributed by atoms with Crippen LogP contribution in [0, 0.1) is 0 Å². The molecule has 0 N–H and O–H groups in total. The molecule has 5 nitrogen and oxygen atoms in total. The van der Waals surface area contributed by atoms with E-state index >= 15 is 0 Å². The fourth-order valence-electron chi connectivity index (χ4n) is 4.25. The van der Waals surface area contributed by atoms with E-state index in [9.17, 15) is 4.79 Å². The molecule has 1 saturated heterocycles. The topological polar surface area (TPSA) is 51.7 Å². The molecule has 0 bridgehead atoms. The van der Waals surface area contributed by atoms with Crippen molar-refractivity contribution in [2.24, 2.45) is 0 Å². The summed E-state index contributed by atoms with van der Waals surface area (Å²) in [6.45, 7) is 5.62. The average molecular weight is 439 g/mol. The van der Waals surface area contributed by atoms with Gasteiger partial charge in [0.1, 0.15) is 0 Å². The lowest BCUT2D eigenvalue weighted by Gasteiger charge is -2.31. The van der Waals surface area contributed by atoms with Crippen LogP contribution in [0.1, 0.15) is 53.8 Å². The lowest BCUT2D eigenvalue weighted by molar-refractivity contribution is 0.101. The number of Topliss-reactive ketones (excluding diaryl/α,β-unsaturated/α-hetero) is 1. The summed E-state index contributed by atoms with van der Waals surface area (Å²) in [7, 11) is 1.60. The standard InChI is InChI=1S/C25H30N2O3S/c1-18(28)20-9-10-23(24(17-20)29-2)30-16-6-5-13-27-14-11-19(12-15-27)25-21-7-3-4-8-22(21)26-31-25/h3-4,7-10,17,19H,5-6,11-16H2,1-2H3. The second kappa shape index (κ2) is 10.2. The molecule has 1 aliphatic rings. The molecule has 0 atom stereocenters. The van der Waals surface area contributed by atoms with Gasteiger partial charge in [0.05, 0.1) is 19.2 Å². The number of carbonyl (C=O) groups is 1. The van der Waals surface area contributed by atoms with Gasteiger partial charge in [-0.3, -0.25) is 4.79 Å². The molecular weight excluding hydrogens is 408 g/mol. The van der Waals surface area contributed by atoms with Crippen LogP contribution in [0.5, 0.6) is 11.5 Å². The number of fused-ring (bicyclic) bond motifs is 1. The van der Waals surface area contributed by atoms with Crippen molar-refractivity contribution in [1.82, 2.24) is 9.27 Å². The van der Waals surface area contributed by atoms with E-state index in [1.807, 2.05) is 6.07 Å². The van der Waals surface area contributed by atoms with Gasteiger partial charge in [-0.1, -0.05) is 18.2 Å². The van der Waals surface area contributed by atoms with Crippen LogP contribution in [0.2, 0.25) is 0 Å². The van der Waals surface area contributed by atoms with Gasteiger partial charge in [0.2, 0.25) is 0 Å². The third kappa shape index (κ3) is 5.25. The third-order valence-electron chi connectivity index (χ3n) is 6.07. The van der Waals surface area contributed by atoms with Gasteiger partial charge in [0.25, 0.3) is 0 Å². The van der Waals surface area contributed by atoms with Crippen LogP contribution in [0.4, 0.5) is 0 Å². The van der Waals surface area contributed by atoms with E-state index in [0.717, 1.165) is 38.0 Å². The summed E-state index contributed by atoms with van der Waals surface area (Å²) in [5.41, 5.74) is 1.77. The summed E-state index contributed by atoms with van der Waals surface area (Å²) in [4.78, 5) is 15.6. The van der Waals surface area contributed by atoms with Gasteiger partial charge in [0.15, 0.2) is 17.3 Å². The number of ether oxygens (including phenoxy) is 2. The molecule has 0 amide bonds. The summed E-state index contributed by atoms with van der Waals surface area (Å²) >= 11 is 1.68. The number of ketones is 1. The number of hydrogen-bond acceptors (Lipinski definition) is 6. The van der Waals surface area contributed by atoms with Crippen LogP contribution in [0.3, 0.4) is 0 Å². The summed E-state index contributed by atoms with van der Waals surface area (Å²) in [5.74, 6) is 1.98. The van der Waals surface area contributed by atoms with E-state index in [4.69, 9.17) is 9.47 Å². The molecule has 0 saturated carbocycles. The molecule has 164 valence electrons. The largest absolute Gasteiger partial charge is 0.493 e. The normalized spacial score (nSPS) is 15.3. The SMILES string of the molecule is COc1cc(C(C)=O)ccc1OCCCCN1CCC(c2snc3ccccc23)CC1. The highest BCUT2D eigenvalue weighted by molar-refractivity contribution is 7.07. The maximum absolute atomic E-state index is 11.5. The van der Waals surface area contributed by atoms with Crippen LogP contribution < -0.4 is 9.47 Å². The first kappa shape index (κ1) is 21.8. The summed E-state index contributed by atoms with van der Waals surface area (Å²) in [5, 5.41) is 1.34. The maximum Gasteiger partial charge on any atom is 0.161 e. The van der Waals surface area contributed by atoms with Crippen molar-refractivity contribution in [3.63, 3.8) is 0 Å². The van der Waals surface area contributed by atoms with Crippen LogP contribution in [0.15, 0.2) is 42.5 Å². The fourth-order valence-corrected chi connectivity index (χ4v) is 5.26. The first-order valence-corrected chi connectivity index (χ1v) is 11.8. The number of nitrogens with zero attached hydrogens (tertiary/aromatic N) is 2. The molecule has 31 heavy (non-hydrogen) atoms. The first-order chi connectivity index (χ1) is 15.2. The predicted molar refractivity (Wildman–Crippen MR) is 126 cm³/mol. The summed E-state index contributed by atoms with van der Waals surface area (Å²) in [6.07, 6.45) is 4.53. The lowest BCUT2D eigenvalue weighted by Crippen LogP contribution is -2.33. The molecule has 1 aromatic heterocycles. The van der Waals surface area contributed by atoms with Gasteiger partial charge in [0, 0.05) is 15.8 Å². The zero-order chi connectivity index (χ0) is 21.6. The van der Waals surface area contributed by atoms with Crippen molar-refractivity contribution in [3.8, 4) is 11.5 Å². The van der Waals surface area contributed by atoms with Crippen molar-refractivity contribution >= 4 is 28.2 Å². The molecule has 6 heteroatoms. The number of benzene rings is 2. The number of piperidine rings is 1. The second-order valence-electron chi connectivity index (χ2n) is 8.16. The number of hydrogen-bond donors (Lipinski definition) is 0. The lowest BCUT2D eigenvalue weighted by atomic mass is 9.93. The van der Waals surface area contributed by atoms with Crippen LogP contribution in [-0.4, -0.2) is 48.4 Å². The molecule has 2 aromatic carbocycles. The molecule has 1 fully saturated rings. The molecule has 0 spiro atoms. The van der Waals surface area contributed by atoms with Gasteiger partial charge in [-0.25, -0.2) is 0 Å². The van der Waals surface area contributed by atoms with Crippen LogP contribution in [-0.2, 0) is 0 Å². The van der Waals surface area contributed by atoms with E-state index in [2.05, 4.69) is 33.5 Å². The van der Waals surface area contributed by atoms with E-state index in [-0.39, 0.29) is 5.78 Å². The first-order valence-electron chi connectivity index (χ1n) is 11.0. The van der Waals surface area contributed by atoms with Crippen molar-refractivity contribution in [3.05, 3.63) is 52.9 Å². The molecule has 3 aromatic rings.